The highest BCUT2D eigenvalue weighted by molar-refractivity contribution is 6.38. The van der Waals surface area contributed by atoms with E-state index in [9.17, 15) is 4.79 Å². The third-order valence-electron chi connectivity index (χ3n) is 2.42. The number of fused-ring (bicyclic) bond motifs is 1. The molecule has 16 heavy (non-hydrogen) atoms. The summed E-state index contributed by atoms with van der Waals surface area (Å²) in [6, 6.07) is 0. The molecule has 0 saturated carbocycles. The van der Waals surface area contributed by atoms with Gasteiger partial charge in [0.1, 0.15) is 5.56 Å². The van der Waals surface area contributed by atoms with E-state index in [4.69, 9.17) is 16.7 Å². The Morgan fingerprint density at radius 3 is 2.88 bits per heavy atom. The number of nitrogens with zero attached hydrogens (tertiary/aromatic N) is 3. The number of hydrogen-bond acceptors (Lipinski definition) is 3. The second-order valence-electron chi connectivity index (χ2n) is 3.39. The molecule has 0 fully saturated rings. The molecule has 0 unspecified atom stereocenters. The minimum Gasteiger partial charge on any atom is -0.478 e. The maximum atomic E-state index is 11.0. The van der Waals surface area contributed by atoms with Gasteiger partial charge in [0.2, 0.25) is 0 Å². The molecule has 2 aromatic rings. The number of halogens is 1. The molecule has 2 heterocycles. The smallest absolute Gasteiger partial charge is 0.339 e. The largest absolute Gasteiger partial charge is 0.478 e. The lowest BCUT2D eigenvalue weighted by molar-refractivity contribution is 0.0696. The van der Waals surface area contributed by atoms with Crippen LogP contribution in [-0.4, -0.2) is 25.8 Å². The Morgan fingerprint density at radius 2 is 2.31 bits per heavy atom. The van der Waals surface area contributed by atoms with Crippen LogP contribution in [0.2, 0.25) is 5.02 Å². The number of carbonyl (C=O) groups is 1. The summed E-state index contributed by atoms with van der Waals surface area (Å²) in [5.74, 6) is -1.07. The van der Waals surface area contributed by atoms with Crippen molar-refractivity contribution in [1.82, 2.24) is 14.8 Å². The SMILES string of the molecule is CCn1ncc2c(Cl)c(C(=O)O)c(C)nc21. The molecular weight excluding hydrogens is 230 g/mol. The van der Waals surface area contributed by atoms with Gasteiger partial charge in [0.25, 0.3) is 0 Å². The van der Waals surface area contributed by atoms with Gasteiger partial charge in [-0.1, -0.05) is 11.6 Å². The van der Waals surface area contributed by atoms with Crippen molar-refractivity contribution >= 4 is 28.6 Å². The zero-order valence-corrected chi connectivity index (χ0v) is 9.62. The molecule has 0 radical (unpaired) electrons. The lowest BCUT2D eigenvalue weighted by Gasteiger charge is -2.05. The average Bonchev–Trinajstić information content (AvgIpc) is 2.60. The van der Waals surface area contributed by atoms with Gasteiger partial charge in [0.05, 0.1) is 22.3 Å². The van der Waals surface area contributed by atoms with Crippen LogP contribution in [0.5, 0.6) is 0 Å². The minimum atomic E-state index is -1.07. The van der Waals surface area contributed by atoms with Crippen LogP contribution in [0.3, 0.4) is 0 Å². The Balaban J connectivity index is 2.85. The van der Waals surface area contributed by atoms with Crippen LogP contribution in [0.1, 0.15) is 23.0 Å². The Labute approximate surface area is 96.7 Å². The van der Waals surface area contributed by atoms with Crippen LogP contribution in [0.25, 0.3) is 11.0 Å². The van der Waals surface area contributed by atoms with Crippen LogP contribution < -0.4 is 0 Å². The Bertz CT molecular complexity index is 577. The molecule has 0 bridgehead atoms. The number of carboxylic acids is 1. The van der Waals surface area contributed by atoms with Gasteiger partial charge >= 0.3 is 5.97 Å². The van der Waals surface area contributed by atoms with E-state index in [-0.39, 0.29) is 10.6 Å². The molecular formula is C10H10ClN3O2. The van der Waals surface area contributed by atoms with Crippen LogP contribution in [0.4, 0.5) is 0 Å². The maximum absolute atomic E-state index is 11.0. The summed E-state index contributed by atoms with van der Waals surface area (Å²) >= 11 is 6.04. The molecule has 0 aromatic carbocycles. The predicted molar refractivity (Wildman–Crippen MR) is 59.9 cm³/mol. The van der Waals surface area contributed by atoms with Crippen molar-refractivity contribution in [2.45, 2.75) is 20.4 Å². The molecule has 0 aliphatic heterocycles. The first-order chi connectivity index (χ1) is 7.56. The molecule has 0 aliphatic carbocycles. The standard InChI is InChI=1S/C10H10ClN3O2/c1-3-14-9-6(4-12-14)8(11)7(10(15)16)5(2)13-9/h4H,3H2,1-2H3,(H,15,16). The van der Waals surface area contributed by atoms with Crippen molar-refractivity contribution in [1.29, 1.82) is 0 Å². The van der Waals surface area contributed by atoms with E-state index in [1.54, 1.807) is 17.8 Å². The third-order valence-corrected chi connectivity index (χ3v) is 2.81. The van der Waals surface area contributed by atoms with Gasteiger partial charge in [-0.3, -0.25) is 0 Å². The normalized spacial score (nSPS) is 10.9. The van der Waals surface area contributed by atoms with Crippen molar-refractivity contribution in [3.8, 4) is 0 Å². The van der Waals surface area contributed by atoms with E-state index < -0.39 is 5.97 Å². The summed E-state index contributed by atoms with van der Waals surface area (Å²) in [6.45, 7) is 4.23. The number of rotatable bonds is 2. The fourth-order valence-corrected chi connectivity index (χ4v) is 1.99. The van der Waals surface area contributed by atoms with Gasteiger partial charge in [0.15, 0.2) is 5.65 Å². The van der Waals surface area contributed by atoms with Crippen molar-refractivity contribution in [3.63, 3.8) is 0 Å². The fraction of sp³-hybridized carbons (Fsp3) is 0.300. The molecule has 1 N–H and O–H groups in total. The number of aromatic carboxylic acids is 1. The van der Waals surface area contributed by atoms with Crippen molar-refractivity contribution in [3.05, 3.63) is 22.5 Å². The monoisotopic (exact) mass is 239 g/mol. The number of carboxylic acid groups (broad SMARTS) is 1. The van der Waals surface area contributed by atoms with Gasteiger partial charge in [0, 0.05) is 6.54 Å². The summed E-state index contributed by atoms with van der Waals surface area (Å²) in [5.41, 5.74) is 1.07. The van der Waals surface area contributed by atoms with Crippen molar-refractivity contribution in [2.75, 3.05) is 0 Å². The number of pyridine rings is 1. The molecule has 2 aromatic heterocycles. The van der Waals surface area contributed by atoms with E-state index in [0.717, 1.165) is 0 Å². The fourth-order valence-electron chi connectivity index (χ4n) is 1.64. The van der Waals surface area contributed by atoms with Crippen LogP contribution in [0, 0.1) is 6.92 Å². The Hall–Kier alpha value is -1.62. The topological polar surface area (TPSA) is 68.0 Å². The molecule has 0 saturated heterocycles. The van der Waals surface area contributed by atoms with E-state index in [0.29, 0.717) is 23.3 Å². The molecule has 0 amide bonds. The Kier molecular flexibility index (Phi) is 2.55. The highest BCUT2D eigenvalue weighted by Gasteiger charge is 2.19. The first kappa shape index (κ1) is 10.9. The van der Waals surface area contributed by atoms with E-state index in [1.165, 1.54) is 0 Å². The molecule has 0 spiro atoms. The van der Waals surface area contributed by atoms with Gasteiger partial charge in [-0.15, -0.1) is 0 Å². The molecule has 84 valence electrons. The highest BCUT2D eigenvalue weighted by atomic mass is 35.5. The predicted octanol–water partition coefficient (Wildman–Crippen LogP) is 2.11. The number of aromatic nitrogens is 3. The molecule has 0 aliphatic rings. The number of hydrogen-bond donors (Lipinski definition) is 1. The summed E-state index contributed by atoms with van der Waals surface area (Å²) in [5, 5.41) is 13.9. The van der Waals surface area contributed by atoms with Gasteiger partial charge < -0.3 is 5.11 Å². The lowest BCUT2D eigenvalue weighted by Crippen LogP contribution is -2.05. The molecule has 6 heteroatoms. The van der Waals surface area contributed by atoms with E-state index in [1.807, 2.05) is 6.92 Å². The summed E-state index contributed by atoms with van der Waals surface area (Å²) in [4.78, 5) is 15.2. The summed E-state index contributed by atoms with van der Waals surface area (Å²) < 4.78 is 1.68. The van der Waals surface area contributed by atoms with Crippen LogP contribution in [0.15, 0.2) is 6.20 Å². The lowest BCUT2D eigenvalue weighted by atomic mass is 10.2. The first-order valence-corrected chi connectivity index (χ1v) is 5.19. The van der Waals surface area contributed by atoms with Gasteiger partial charge in [-0.2, -0.15) is 5.10 Å². The van der Waals surface area contributed by atoms with Crippen LogP contribution in [-0.2, 0) is 6.54 Å². The second kappa shape index (κ2) is 3.75. The van der Waals surface area contributed by atoms with Crippen molar-refractivity contribution in [2.24, 2.45) is 0 Å². The maximum Gasteiger partial charge on any atom is 0.339 e. The minimum absolute atomic E-state index is 0.0461. The third kappa shape index (κ3) is 1.44. The zero-order valence-electron chi connectivity index (χ0n) is 8.86. The average molecular weight is 240 g/mol. The Morgan fingerprint density at radius 1 is 1.62 bits per heavy atom. The second-order valence-corrected chi connectivity index (χ2v) is 3.77. The van der Waals surface area contributed by atoms with E-state index in [2.05, 4.69) is 10.1 Å². The van der Waals surface area contributed by atoms with E-state index >= 15 is 0 Å². The molecule has 0 atom stereocenters. The van der Waals surface area contributed by atoms with Crippen LogP contribution >= 0.6 is 11.6 Å². The van der Waals surface area contributed by atoms with Crippen molar-refractivity contribution < 1.29 is 9.90 Å². The quantitative estimate of drug-likeness (QED) is 0.872. The summed E-state index contributed by atoms with van der Waals surface area (Å²) in [7, 11) is 0. The molecule has 2 rings (SSSR count). The van der Waals surface area contributed by atoms with Gasteiger partial charge in [-0.05, 0) is 13.8 Å². The highest BCUT2D eigenvalue weighted by Crippen LogP contribution is 2.27. The molecule has 5 nitrogen and oxygen atoms in total. The van der Waals surface area contributed by atoms with Gasteiger partial charge in [-0.25, -0.2) is 14.5 Å². The zero-order chi connectivity index (χ0) is 11.9. The summed E-state index contributed by atoms with van der Waals surface area (Å²) in [6.07, 6.45) is 1.54. The first-order valence-electron chi connectivity index (χ1n) is 4.81. The number of aryl methyl sites for hydroxylation is 2.